The first kappa shape index (κ1) is 12.8. The van der Waals surface area contributed by atoms with Crippen LogP contribution < -0.4 is 5.73 Å². The summed E-state index contributed by atoms with van der Waals surface area (Å²) in [5.41, 5.74) is 6.10. The van der Waals surface area contributed by atoms with Crippen LogP contribution in [-0.4, -0.2) is 11.7 Å². The van der Waals surface area contributed by atoms with Gasteiger partial charge >= 0.3 is 0 Å². The summed E-state index contributed by atoms with van der Waals surface area (Å²) in [5.74, 6) is -0.364. The fourth-order valence-corrected chi connectivity index (χ4v) is 1.46. The van der Waals surface area contributed by atoms with Crippen molar-refractivity contribution < 1.29 is 9.50 Å². The SMILES string of the molecule is Cl.N[C@H](CO)c1cccc(F)c1Br. The number of benzene rings is 1. The molecule has 1 atom stereocenters. The van der Waals surface area contributed by atoms with E-state index in [1.54, 1.807) is 12.1 Å². The predicted molar refractivity (Wildman–Crippen MR) is 55.4 cm³/mol. The van der Waals surface area contributed by atoms with Gasteiger partial charge < -0.3 is 10.8 Å². The van der Waals surface area contributed by atoms with Gasteiger partial charge in [0.25, 0.3) is 0 Å². The highest BCUT2D eigenvalue weighted by Gasteiger charge is 2.10. The third-order valence-corrected chi connectivity index (χ3v) is 2.41. The van der Waals surface area contributed by atoms with Crippen LogP contribution in [0.25, 0.3) is 0 Å². The number of aliphatic hydroxyl groups is 1. The van der Waals surface area contributed by atoms with Gasteiger partial charge in [-0.2, -0.15) is 0 Å². The highest BCUT2D eigenvalue weighted by molar-refractivity contribution is 9.10. The zero-order valence-electron chi connectivity index (χ0n) is 6.71. The highest BCUT2D eigenvalue weighted by atomic mass is 79.9. The van der Waals surface area contributed by atoms with Gasteiger partial charge in [-0.25, -0.2) is 4.39 Å². The molecule has 1 aromatic rings. The molecule has 0 aliphatic heterocycles. The predicted octanol–water partition coefficient (Wildman–Crippen LogP) is 2.00. The maximum atomic E-state index is 12.9. The van der Waals surface area contributed by atoms with Crippen molar-refractivity contribution in [3.63, 3.8) is 0 Å². The average Bonchev–Trinajstić information content (AvgIpc) is 2.08. The number of halogens is 3. The lowest BCUT2D eigenvalue weighted by Crippen LogP contribution is -2.15. The van der Waals surface area contributed by atoms with Gasteiger partial charge in [-0.1, -0.05) is 12.1 Å². The maximum Gasteiger partial charge on any atom is 0.137 e. The van der Waals surface area contributed by atoms with Gasteiger partial charge in [0.15, 0.2) is 0 Å². The Balaban J connectivity index is 0.00000144. The van der Waals surface area contributed by atoms with Gasteiger partial charge in [-0.05, 0) is 27.6 Å². The summed E-state index contributed by atoms with van der Waals surface area (Å²) in [7, 11) is 0. The zero-order valence-corrected chi connectivity index (χ0v) is 9.11. The third kappa shape index (κ3) is 2.91. The van der Waals surface area contributed by atoms with E-state index < -0.39 is 6.04 Å². The number of hydrogen-bond acceptors (Lipinski definition) is 2. The Labute approximate surface area is 90.5 Å². The fraction of sp³-hybridized carbons (Fsp3) is 0.250. The first-order valence-corrected chi connectivity index (χ1v) is 4.26. The summed E-state index contributed by atoms with van der Waals surface area (Å²) < 4.78 is 13.2. The lowest BCUT2D eigenvalue weighted by molar-refractivity contribution is 0.267. The Morgan fingerprint density at radius 2 is 2.15 bits per heavy atom. The van der Waals surface area contributed by atoms with Crippen molar-refractivity contribution in [1.82, 2.24) is 0 Å². The van der Waals surface area contributed by atoms with Gasteiger partial charge in [0, 0.05) is 0 Å². The summed E-state index contributed by atoms with van der Waals surface area (Å²) in [6.07, 6.45) is 0. The molecule has 0 saturated heterocycles. The lowest BCUT2D eigenvalue weighted by atomic mass is 10.1. The standard InChI is InChI=1S/C8H9BrFNO.ClH/c9-8-5(7(11)4-12)2-1-3-6(8)10;/h1-3,7,12H,4,11H2;1H/t7-;/m1./s1. The first-order valence-electron chi connectivity index (χ1n) is 3.47. The van der Waals surface area contributed by atoms with Crippen LogP contribution in [0.2, 0.25) is 0 Å². The zero-order chi connectivity index (χ0) is 9.14. The molecule has 1 aromatic carbocycles. The van der Waals surface area contributed by atoms with E-state index in [1.807, 2.05) is 0 Å². The van der Waals surface area contributed by atoms with E-state index in [4.69, 9.17) is 10.8 Å². The number of rotatable bonds is 2. The monoisotopic (exact) mass is 269 g/mol. The van der Waals surface area contributed by atoms with E-state index in [9.17, 15) is 4.39 Å². The van der Waals surface area contributed by atoms with E-state index >= 15 is 0 Å². The molecule has 0 radical (unpaired) electrons. The molecule has 13 heavy (non-hydrogen) atoms. The third-order valence-electron chi connectivity index (χ3n) is 1.58. The van der Waals surface area contributed by atoms with Crippen molar-refractivity contribution in [2.45, 2.75) is 6.04 Å². The number of aliphatic hydroxyl groups excluding tert-OH is 1. The Hall–Kier alpha value is -0.160. The quantitative estimate of drug-likeness (QED) is 0.863. The van der Waals surface area contributed by atoms with Crippen LogP contribution in [0.1, 0.15) is 11.6 Å². The minimum Gasteiger partial charge on any atom is -0.394 e. The van der Waals surface area contributed by atoms with Gasteiger partial charge in [0.2, 0.25) is 0 Å². The molecule has 74 valence electrons. The minimum atomic E-state index is -0.532. The van der Waals surface area contributed by atoms with Crippen LogP contribution in [0.3, 0.4) is 0 Å². The lowest BCUT2D eigenvalue weighted by Gasteiger charge is -2.10. The first-order chi connectivity index (χ1) is 5.66. The van der Waals surface area contributed by atoms with Crippen LogP contribution >= 0.6 is 28.3 Å². The number of nitrogens with two attached hydrogens (primary N) is 1. The number of hydrogen-bond donors (Lipinski definition) is 2. The highest BCUT2D eigenvalue weighted by Crippen LogP contribution is 2.24. The molecular formula is C8H10BrClFNO. The van der Waals surface area contributed by atoms with Crippen molar-refractivity contribution in [2.24, 2.45) is 5.73 Å². The second-order valence-electron chi connectivity index (χ2n) is 2.43. The van der Waals surface area contributed by atoms with Gasteiger partial charge in [0.05, 0.1) is 17.1 Å². The van der Waals surface area contributed by atoms with Crippen molar-refractivity contribution in [3.05, 3.63) is 34.1 Å². The molecule has 3 N–H and O–H groups in total. The summed E-state index contributed by atoms with van der Waals surface area (Å²) in [6.45, 7) is -0.192. The molecule has 0 spiro atoms. The van der Waals surface area contributed by atoms with Gasteiger partial charge in [-0.3, -0.25) is 0 Å². The van der Waals surface area contributed by atoms with E-state index in [2.05, 4.69) is 15.9 Å². The molecule has 0 heterocycles. The van der Waals surface area contributed by atoms with Crippen LogP contribution in [0.5, 0.6) is 0 Å². The average molecular weight is 271 g/mol. The largest absolute Gasteiger partial charge is 0.394 e. The molecule has 0 unspecified atom stereocenters. The molecule has 2 nitrogen and oxygen atoms in total. The Kier molecular flexibility index (Phi) is 5.48. The Bertz CT molecular complexity index is 285. The van der Waals surface area contributed by atoms with Crippen LogP contribution in [-0.2, 0) is 0 Å². The van der Waals surface area contributed by atoms with Crippen molar-refractivity contribution in [1.29, 1.82) is 0 Å². The molecule has 5 heteroatoms. The van der Waals surface area contributed by atoms with Crippen LogP contribution in [0, 0.1) is 5.82 Å². The second-order valence-corrected chi connectivity index (χ2v) is 3.23. The van der Waals surface area contributed by atoms with Crippen molar-refractivity contribution in [3.8, 4) is 0 Å². The van der Waals surface area contributed by atoms with Gasteiger partial charge in [0.1, 0.15) is 5.82 Å². The molecule has 0 saturated carbocycles. The minimum absolute atomic E-state index is 0. The fourth-order valence-electron chi connectivity index (χ4n) is 0.905. The van der Waals surface area contributed by atoms with E-state index in [1.165, 1.54) is 6.07 Å². The van der Waals surface area contributed by atoms with E-state index in [0.29, 0.717) is 10.0 Å². The van der Waals surface area contributed by atoms with Crippen LogP contribution in [0.15, 0.2) is 22.7 Å². The molecule has 0 aliphatic carbocycles. The molecule has 0 aromatic heterocycles. The van der Waals surface area contributed by atoms with Crippen LogP contribution in [0.4, 0.5) is 4.39 Å². The molecule has 0 aliphatic rings. The summed E-state index contributed by atoms with van der Waals surface area (Å²) in [4.78, 5) is 0. The molecule has 0 amide bonds. The normalized spacial score (nSPS) is 12.0. The molecular weight excluding hydrogens is 260 g/mol. The smallest absolute Gasteiger partial charge is 0.137 e. The molecule has 0 bridgehead atoms. The topological polar surface area (TPSA) is 46.2 Å². The second kappa shape index (κ2) is 5.54. The van der Waals surface area contributed by atoms with E-state index in [-0.39, 0.29) is 24.8 Å². The summed E-state index contributed by atoms with van der Waals surface area (Å²) >= 11 is 3.06. The van der Waals surface area contributed by atoms with Crippen molar-refractivity contribution >= 4 is 28.3 Å². The Morgan fingerprint density at radius 1 is 1.54 bits per heavy atom. The summed E-state index contributed by atoms with van der Waals surface area (Å²) in [6, 6.07) is 4.03. The summed E-state index contributed by atoms with van der Waals surface area (Å²) in [5, 5.41) is 8.74. The van der Waals surface area contributed by atoms with Crippen molar-refractivity contribution in [2.75, 3.05) is 6.61 Å². The molecule has 0 fully saturated rings. The maximum absolute atomic E-state index is 12.9. The molecule has 1 rings (SSSR count). The van der Waals surface area contributed by atoms with Gasteiger partial charge in [-0.15, -0.1) is 12.4 Å². The van der Waals surface area contributed by atoms with E-state index in [0.717, 1.165) is 0 Å². The Morgan fingerprint density at radius 3 is 2.69 bits per heavy atom.